The molecular weight excluding hydrogens is 200 g/mol. The van der Waals surface area contributed by atoms with Gasteiger partial charge in [0.25, 0.3) is 0 Å². The Hall–Kier alpha value is -1.22. The van der Waals surface area contributed by atoms with Gasteiger partial charge in [-0.15, -0.1) is 11.6 Å². The highest BCUT2D eigenvalue weighted by Gasteiger charge is 2.05. The van der Waals surface area contributed by atoms with Crippen LogP contribution in [0.15, 0.2) is 24.3 Å². The van der Waals surface area contributed by atoms with E-state index in [1.165, 1.54) is 0 Å². The molecule has 0 fully saturated rings. The van der Waals surface area contributed by atoms with E-state index >= 15 is 0 Å². The molecule has 0 aliphatic heterocycles. The van der Waals surface area contributed by atoms with Crippen LogP contribution in [0.2, 0.25) is 0 Å². The summed E-state index contributed by atoms with van der Waals surface area (Å²) in [4.78, 5) is 13.0. The maximum atomic E-state index is 11.1. The summed E-state index contributed by atoms with van der Waals surface area (Å²) in [7, 11) is 3.84. The number of rotatable bonds is 3. The summed E-state index contributed by atoms with van der Waals surface area (Å²) in [6.07, 6.45) is 0. The summed E-state index contributed by atoms with van der Waals surface area (Å²) in [6.45, 7) is 0. The number of hydrogen-bond acceptors (Lipinski definition) is 2. The second-order valence-electron chi connectivity index (χ2n) is 3.09. The summed E-state index contributed by atoms with van der Waals surface area (Å²) in [5, 5.41) is 2.73. The molecule has 1 aromatic carbocycles. The number of carbonyl (C=O) groups excluding carboxylic acids is 1. The molecule has 1 N–H and O–H groups in total. The average molecular weight is 213 g/mol. The number of para-hydroxylation sites is 2. The number of benzene rings is 1. The van der Waals surface area contributed by atoms with Gasteiger partial charge in [0.15, 0.2) is 0 Å². The SMILES string of the molecule is CN(C)c1ccccc1NC(=O)CCl. The topological polar surface area (TPSA) is 32.3 Å². The van der Waals surface area contributed by atoms with E-state index in [4.69, 9.17) is 11.6 Å². The Bertz CT molecular complexity index is 326. The molecule has 0 aromatic heterocycles. The average Bonchev–Trinajstić information content (AvgIpc) is 2.18. The van der Waals surface area contributed by atoms with Gasteiger partial charge in [0.2, 0.25) is 5.91 Å². The van der Waals surface area contributed by atoms with E-state index in [0.717, 1.165) is 11.4 Å². The molecule has 0 radical (unpaired) electrons. The standard InChI is InChI=1S/C10H13ClN2O/c1-13(2)9-6-4-3-5-8(9)12-10(14)7-11/h3-6H,7H2,1-2H3,(H,12,14). The normalized spacial score (nSPS) is 9.64. The third-order valence-electron chi connectivity index (χ3n) is 1.78. The van der Waals surface area contributed by atoms with Crippen molar-refractivity contribution in [2.45, 2.75) is 0 Å². The van der Waals surface area contributed by atoms with E-state index in [1.54, 1.807) is 0 Å². The van der Waals surface area contributed by atoms with Crippen LogP contribution >= 0.6 is 11.6 Å². The summed E-state index contributed by atoms with van der Waals surface area (Å²) < 4.78 is 0. The van der Waals surface area contributed by atoms with Crippen LogP contribution in [-0.2, 0) is 4.79 Å². The highest BCUT2D eigenvalue weighted by atomic mass is 35.5. The number of nitrogens with one attached hydrogen (secondary N) is 1. The van der Waals surface area contributed by atoms with Crippen molar-refractivity contribution < 1.29 is 4.79 Å². The van der Waals surface area contributed by atoms with E-state index < -0.39 is 0 Å². The molecule has 0 heterocycles. The van der Waals surface area contributed by atoms with Gasteiger partial charge in [-0.05, 0) is 12.1 Å². The molecule has 4 heteroatoms. The van der Waals surface area contributed by atoms with Gasteiger partial charge in [-0.2, -0.15) is 0 Å². The molecule has 0 aliphatic rings. The molecule has 3 nitrogen and oxygen atoms in total. The number of hydrogen-bond donors (Lipinski definition) is 1. The molecule has 0 spiro atoms. The van der Waals surface area contributed by atoms with Gasteiger partial charge in [0, 0.05) is 14.1 Å². The van der Waals surface area contributed by atoms with Crippen molar-refractivity contribution in [2.75, 3.05) is 30.2 Å². The summed E-state index contributed by atoms with van der Waals surface area (Å²) >= 11 is 5.41. The van der Waals surface area contributed by atoms with Crippen LogP contribution in [0.25, 0.3) is 0 Å². The number of carbonyl (C=O) groups is 1. The van der Waals surface area contributed by atoms with Crippen LogP contribution in [-0.4, -0.2) is 25.9 Å². The van der Waals surface area contributed by atoms with Crippen LogP contribution in [0.1, 0.15) is 0 Å². The molecule has 1 aromatic rings. The van der Waals surface area contributed by atoms with E-state index in [0.29, 0.717) is 0 Å². The van der Waals surface area contributed by atoms with Crippen LogP contribution in [0.5, 0.6) is 0 Å². The second-order valence-corrected chi connectivity index (χ2v) is 3.36. The molecule has 0 unspecified atom stereocenters. The van der Waals surface area contributed by atoms with Gasteiger partial charge in [0.1, 0.15) is 5.88 Å². The zero-order valence-corrected chi connectivity index (χ0v) is 9.01. The smallest absolute Gasteiger partial charge is 0.239 e. The Morgan fingerprint density at radius 1 is 1.43 bits per heavy atom. The first-order valence-corrected chi connectivity index (χ1v) is 4.80. The largest absolute Gasteiger partial charge is 0.376 e. The number of amides is 1. The van der Waals surface area contributed by atoms with Gasteiger partial charge < -0.3 is 10.2 Å². The summed E-state index contributed by atoms with van der Waals surface area (Å²) in [5.74, 6) is -0.220. The fourth-order valence-corrected chi connectivity index (χ4v) is 1.22. The van der Waals surface area contributed by atoms with Crippen molar-refractivity contribution in [3.05, 3.63) is 24.3 Å². The van der Waals surface area contributed by atoms with Crippen LogP contribution in [0.4, 0.5) is 11.4 Å². The van der Waals surface area contributed by atoms with Crippen LogP contribution < -0.4 is 10.2 Å². The lowest BCUT2D eigenvalue weighted by Gasteiger charge is -2.17. The van der Waals surface area contributed by atoms with Gasteiger partial charge in [0.05, 0.1) is 11.4 Å². The number of anilines is 2. The number of halogens is 1. The molecule has 0 bridgehead atoms. The lowest BCUT2D eigenvalue weighted by Crippen LogP contribution is -2.17. The zero-order valence-electron chi connectivity index (χ0n) is 8.25. The van der Waals surface area contributed by atoms with Crippen molar-refractivity contribution in [1.29, 1.82) is 0 Å². The van der Waals surface area contributed by atoms with Gasteiger partial charge in [-0.1, -0.05) is 12.1 Å². The molecule has 0 aliphatic carbocycles. The molecule has 14 heavy (non-hydrogen) atoms. The van der Waals surface area contributed by atoms with E-state index in [2.05, 4.69) is 5.32 Å². The first-order valence-electron chi connectivity index (χ1n) is 4.27. The Labute approximate surface area is 88.7 Å². The van der Waals surface area contributed by atoms with E-state index in [-0.39, 0.29) is 11.8 Å². The lowest BCUT2D eigenvalue weighted by atomic mass is 10.2. The van der Waals surface area contributed by atoms with Crippen molar-refractivity contribution in [3.8, 4) is 0 Å². The van der Waals surface area contributed by atoms with Crippen molar-refractivity contribution in [1.82, 2.24) is 0 Å². The third kappa shape index (κ3) is 2.64. The maximum Gasteiger partial charge on any atom is 0.239 e. The van der Waals surface area contributed by atoms with E-state index in [9.17, 15) is 4.79 Å². The zero-order chi connectivity index (χ0) is 10.6. The Kier molecular flexibility index (Phi) is 3.77. The minimum Gasteiger partial charge on any atom is -0.376 e. The molecule has 0 atom stereocenters. The molecule has 76 valence electrons. The number of alkyl halides is 1. The molecule has 0 saturated carbocycles. The fraction of sp³-hybridized carbons (Fsp3) is 0.300. The highest BCUT2D eigenvalue weighted by molar-refractivity contribution is 6.29. The van der Waals surface area contributed by atoms with Gasteiger partial charge in [-0.3, -0.25) is 4.79 Å². The van der Waals surface area contributed by atoms with Crippen molar-refractivity contribution in [2.24, 2.45) is 0 Å². The lowest BCUT2D eigenvalue weighted by molar-refractivity contribution is -0.113. The van der Waals surface area contributed by atoms with Gasteiger partial charge in [-0.25, -0.2) is 0 Å². The van der Waals surface area contributed by atoms with Crippen molar-refractivity contribution >= 4 is 28.9 Å². The van der Waals surface area contributed by atoms with Gasteiger partial charge >= 0.3 is 0 Å². The molecule has 0 saturated heterocycles. The summed E-state index contributed by atoms with van der Waals surface area (Å²) in [6, 6.07) is 7.58. The monoisotopic (exact) mass is 212 g/mol. The molecule has 1 amide bonds. The second kappa shape index (κ2) is 4.86. The molecule has 1 rings (SSSR count). The first kappa shape index (κ1) is 10.9. The third-order valence-corrected chi connectivity index (χ3v) is 2.02. The minimum atomic E-state index is -0.194. The number of nitrogens with zero attached hydrogens (tertiary/aromatic N) is 1. The predicted octanol–water partition coefficient (Wildman–Crippen LogP) is 1.93. The minimum absolute atomic E-state index is 0.0260. The van der Waals surface area contributed by atoms with Crippen molar-refractivity contribution in [3.63, 3.8) is 0 Å². The van der Waals surface area contributed by atoms with Crippen LogP contribution in [0, 0.1) is 0 Å². The Morgan fingerprint density at radius 3 is 2.64 bits per heavy atom. The summed E-state index contributed by atoms with van der Waals surface area (Å²) in [5.41, 5.74) is 1.74. The van der Waals surface area contributed by atoms with E-state index in [1.807, 2.05) is 43.3 Å². The Morgan fingerprint density at radius 2 is 2.07 bits per heavy atom. The fourth-order valence-electron chi connectivity index (χ4n) is 1.15. The highest BCUT2D eigenvalue weighted by Crippen LogP contribution is 2.23. The van der Waals surface area contributed by atoms with Crippen LogP contribution in [0.3, 0.4) is 0 Å². The first-order chi connectivity index (χ1) is 6.65. The molecular formula is C10H13ClN2O. The quantitative estimate of drug-likeness (QED) is 0.777. The predicted molar refractivity (Wildman–Crippen MR) is 60.1 cm³/mol. The Balaban J connectivity index is 2.90. The maximum absolute atomic E-state index is 11.1.